The van der Waals surface area contributed by atoms with Gasteiger partial charge >= 0.3 is 0 Å². The van der Waals surface area contributed by atoms with Gasteiger partial charge in [0.25, 0.3) is 0 Å². The number of nitrogens with one attached hydrogen (secondary N) is 1. The van der Waals surface area contributed by atoms with E-state index < -0.39 is 0 Å². The highest BCUT2D eigenvalue weighted by Gasteiger charge is 2.23. The number of hydrogen-bond acceptors (Lipinski definition) is 3. The first-order valence-corrected chi connectivity index (χ1v) is 6.73. The third kappa shape index (κ3) is 6.03. The van der Waals surface area contributed by atoms with Crippen LogP contribution in [0.1, 0.15) is 46.0 Å². The summed E-state index contributed by atoms with van der Waals surface area (Å²) in [6.07, 6.45) is 5.37. The molecule has 2 unspecified atom stereocenters. The van der Waals surface area contributed by atoms with Gasteiger partial charge < -0.3 is 15.8 Å². The van der Waals surface area contributed by atoms with Crippen molar-refractivity contribution in [1.82, 2.24) is 5.32 Å². The molecule has 0 bridgehead atoms. The van der Waals surface area contributed by atoms with Crippen molar-refractivity contribution in [3.05, 3.63) is 0 Å². The Hall–Kier alpha value is -0.610. The van der Waals surface area contributed by atoms with Gasteiger partial charge in [0.2, 0.25) is 5.91 Å². The van der Waals surface area contributed by atoms with Crippen LogP contribution in [-0.2, 0) is 9.53 Å². The molecule has 1 rings (SSSR count). The monoisotopic (exact) mass is 242 g/mol. The van der Waals surface area contributed by atoms with Gasteiger partial charge in [-0.1, -0.05) is 12.8 Å². The van der Waals surface area contributed by atoms with Crippen molar-refractivity contribution >= 4 is 5.91 Å². The molecule has 0 aromatic heterocycles. The van der Waals surface area contributed by atoms with Gasteiger partial charge in [-0.25, -0.2) is 0 Å². The van der Waals surface area contributed by atoms with Crippen LogP contribution in [0.5, 0.6) is 0 Å². The maximum absolute atomic E-state index is 11.7. The molecular formula is C13H26N2O2. The maximum atomic E-state index is 11.7. The molecule has 1 amide bonds. The zero-order chi connectivity index (χ0) is 12.7. The molecule has 0 heterocycles. The number of carbonyl (C=O) groups is 1. The quantitative estimate of drug-likeness (QED) is 0.693. The highest BCUT2D eigenvalue weighted by Crippen LogP contribution is 2.25. The number of rotatable bonds is 6. The molecule has 0 saturated heterocycles. The van der Waals surface area contributed by atoms with Crippen molar-refractivity contribution in [3.8, 4) is 0 Å². The van der Waals surface area contributed by atoms with Gasteiger partial charge in [-0.15, -0.1) is 0 Å². The van der Waals surface area contributed by atoms with Crippen molar-refractivity contribution in [3.63, 3.8) is 0 Å². The van der Waals surface area contributed by atoms with Crippen molar-refractivity contribution in [2.75, 3.05) is 13.2 Å². The highest BCUT2D eigenvalue weighted by atomic mass is 16.5. The average Bonchev–Trinajstić information content (AvgIpc) is 2.27. The third-order valence-corrected chi connectivity index (χ3v) is 3.29. The predicted octanol–water partition coefficient (Wildman–Crippen LogP) is 1.44. The molecule has 1 aliphatic carbocycles. The van der Waals surface area contributed by atoms with Gasteiger partial charge in [-0.2, -0.15) is 0 Å². The fourth-order valence-electron chi connectivity index (χ4n) is 2.29. The molecule has 0 radical (unpaired) electrons. The Balaban J connectivity index is 2.11. The van der Waals surface area contributed by atoms with Gasteiger partial charge in [-0.3, -0.25) is 4.79 Å². The second-order valence-electron chi connectivity index (χ2n) is 5.18. The van der Waals surface area contributed by atoms with Crippen molar-refractivity contribution in [1.29, 1.82) is 0 Å². The molecule has 3 N–H and O–H groups in total. The van der Waals surface area contributed by atoms with Gasteiger partial charge in [0, 0.05) is 19.0 Å². The molecule has 100 valence electrons. The summed E-state index contributed by atoms with van der Waals surface area (Å²) in [5, 5.41) is 2.89. The Morgan fingerprint density at radius 1 is 1.41 bits per heavy atom. The van der Waals surface area contributed by atoms with Crippen LogP contribution in [0.3, 0.4) is 0 Å². The summed E-state index contributed by atoms with van der Waals surface area (Å²) in [5.41, 5.74) is 6.02. The van der Waals surface area contributed by atoms with E-state index in [0.717, 1.165) is 12.8 Å². The SMILES string of the molecule is CC(C)OCCNC(=O)CC1CCCCC1N. The van der Waals surface area contributed by atoms with Crippen LogP contribution in [0.4, 0.5) is 0 Å². The molecule has 1 fully saturated rings. The molecule has 4 nitrogen and oxygen atoms in total. The fraction of sp³-hybridized carbons (Fsp3) is 0.923. The normalized spacial score (nSPS) is 24.9. The standard InChI is InChI=1S/C13H26N2O2/c1-10(2)17-8-7-15-13(16)9-11-5-3-4-6-12(11)14/h10-12H,3-9,14H2,1-2H3,(H,15,16). The van der Waals surface area contributed by atoms with Crippen molar-refractivity contribution in [2.45, 2.75) is 58.1 Å². The minimum absolute atomic E-state index is 0.111. The molecule has 17 heavy (non-hydrogen) atoms. The molecular weight excluding hydrogens is 216 g/mol. The van der Waals surface area contributed by atoms with E-state index in [0.29, 0.717) is 25.5 Å². The molecule has 1 aliphatic rings. The summed E-state index contributed by atoms with van der Waals surface area (Å²) in [5.74, 6) is 0.481. The first-order valence-electron chi connectivity index (χ1n) is 6.73. The highest BCUT2D eigenvalue weighted by molar-refractivity contribution is 5.76. The van der Waals surface area contributed by atoms with Gasteiger partial charge in [0.05, 0.1) is 12.7 Å². The maximum Gasteiger partial charge on any atom is 0.220 e. The number of amides is 1. The van der Waals surface area contributed by atoms with E-state index in [2.05, 4.69) is 5.32 Å². The second kappa shape index (κ2) is 7.67. The Bertz CT molecular complexity index is 231. The molecule has 4 heteroatoms. The zero-order valence-corrected chi connectivity index (χ0v) is 11.1. The van der Waals surface area contributed by atoms with E-state index in [9.17, 15) is 4.79 Å². The van der Waals surface area contributed by atoms with Crippen LogP contribution in [0.15, 0.2) is 0 Å². The van der Waals surface area contributed by atoms with E-state index in [1.807, 2.05) is 13.8 Å². The molecule has 2 atom stereocenters. The topological polar surface area (TPSA) is 64.3 Å². The largest absolute Gasteiger partial charge is 0.377 e. The summed E-state index contributed by atoms with van der Waals surface area (Å²) in [7, 11) is 0. The lowest BCUT2D eigenvalue weighted by molar-refractivity contribution is -0.122. The first kappa shape index (κ1) is 14.5. The Labute approximate surface area is 104 Å². The summed E-state index contributed by atoms with van der Waals surface area (Å²) < 4.78 is 5.36. The molecule has 1 saturated carbocycles. The lowest BCUT2D eigenvalue weighted by atomic mass is 9.83. The van der Waals surface area contributed by atoms with Crippen molar-refractivity contribution in [2.24, 2.45) is 11.7 Å². The van der Waals surface area contributed by atoms with Crippen LogP contribution in [-0.4, -0.2) is 31.2 Å². The molecule has 0 aromatic rings. The minimum Gasteiger partial charge on any atom is -0.377 e. The smallest absolute Gasteiger partial charge is 0.220 e. The predicted molar refractivity (Wildman–Crippen MR) is 68.6 cm³/mol. The van der Waals surface area contributed by atoms with E-state index in [1.165, 1.54) is 12.8 Å². The van der Waals surface area contributed by atoms with E-state index in [1.54, 1.807) is 0 Å². The van der Waals surface area contributed by atoms with Crippen LogP contribution < -0.4 is 11.1 Å². The average molecular weight is 242 g/mol. The summed E-state index contributed by atoms with van der Waals surface area (Å²) in [4.78, 5) is 11.7. The summed E-state index contributed by atoms with van der Waals surface area (Å²) >= 11 is 0. The Kier molecular flexibility index (Phi) is 6.52. The Morgan fingerprint density at radius 3 is 2.76 bits per heavy atom. The first-order chi connectivity index (χ1) is 8.09. The summed E-state index contributed by atoms with van der Waals surface area (Å²) in [6, 6.07) is 0.210. The minimum atomic E-state index is 0.111. The van der Waals surface area contributed by atoms with Gasteiger partial charge in [0.15, 0.2) is 0 Å². The molecule has 0 aliphatic heterocycles. The van der Waals surface area contributed by atoms with E-state index in [-0.39, 0.29) is 18.1 Å². The van der Waals surface area contributed by atoms with Gasteiger partial charge in [0.1, 0.15) is 0 Å². The number of hydrogen-bond donors (Lipinski definition) is 2. The number of ether oxygens (including phenoxy) is 1. The lowest BCUT2D eigenvalue weighted by Crippen LogP contribution is -2.37. The zero-order valence-electron chi connectivity index (χ0n) is 11.1. The number of nitrogens with two attached hydrogens (primary N) is 1. The van der Waals surface area contributed by atoms with Crippen LogP contribution in [0, 0.1) is 5.92 Å². The molecule has 0 aromatic carbocycles. The third-order valence-electron chi connectivity index (χ3n) is 3.29. The van der Waals surface area contributed by atoms with E-state index in [4.69, 9.17) is 10.5 Å². The Morgan fingerprint density at radius 2 is 2.12 bits per heavy atom. The fourth-order valence-corrected chi connectivity index (χ4v) is 2.29. The van der Waals surface area contributed by atoms with E-state index >= 15 is 0 Å². The molecule has 0 spiro atoms. The summed E-state index contributed by atoms with van der Waals surface area (Å²) in [6.45, 7) is 5.16. The van der Waals surface area contributed by atoms with Crippen LogP contribution in [0.2, 0.25) is 0 Å². The lowest BCUT2D eigenvalue weighted by Gasteiger charge is -2.27. The van der Waals surface area contributed by atoms with Crippen LogP contribution in [0.25, 0.3) is 0 Å². The second-order valence-corrected chi connectivity index (χ2v) is 5.18. The van der Waals surface area contributed by atoms with Gasteiger partial charge in [-0.05, 0) is 32.6 Å². The number of carbonyl (C=O) groups excluding carboxylic acids is 1. The van der Waals surface area contributed by atoms with Crippen LogP contribution >= 0.6 is 0 Å². The van der Waals surface area contributed by atoms with Crippen molar-refractivity contribution < 1.29 is 9.53 Å².